The standard InChI is InChI=1S/C29H27N3O3/c33-29(23-10-7-11-24(20-23)32(34)35)30-17-19-31-18-6-5-14-27(31)28-25-12-3-1-8-21(25)15-16-22-9-2-4-13-26(22)28/h1-4,7-13,15-16,20H,5-6,14,17-19H2,(H,30,33). The molecule has 0 aromatic heterocycles. The van der Waals surface area contributed by atoms with Gasteiger partial charge in [0, 0.05) is 48.6 Å². The van der Waals surface area contributed by atoms with Gasteiger partial charge in [-0.1, -0.05) is 66.7 Å². The Morgan fingerprint density at radius 1 is 0.914 bits per heavy atom. The third kappa shape index (κ3) is 4.73. The van der Waals surface area contributed by atoms with E-state index >= 15 is 0 Å². The van der Waals surface area contributed by atoms with E-state index in [1.807, 2.05) is 0 Å². The van der Waals surface area contributed by atoms with E-state index < -0.39 is 4.92 Å². The summed E-state index contributed by atoms with van der Waals surface area (Å²) in [5.74, 6) is -0.297. The van der Waals surface area contributed by atoms with Crippen LogP contribution >= 0.6 is 0 Å². The molecule has 1 N–H and O–H groups in total. The molecule has 3 aromatic carbocycles. The Balaban J connectivity index is 1.42. The van der Waals surface area contributed by atoms with Crippen molar-refractivity contribution in [2.45, 2.75) is 19.3 Å². The summed E-state index contributed by atoms with van der Waals surface area (Å²) in [6, 6.07) is 22.9. The number of carbonyl (C=O) groups excluding carboxylic acids is 1. The second-order valence-corrected chi connectivity index (χ2v) is 8.84. The quantitative estimate of drug-likeness (QED) is 0.301. The van der Waals surface area contributed by atoms with Gasteiger partial charge in [0.15, 0.2) is 0 Å². The van der Waals surface area contributed by atoms with E-state index in [1.165, 1.54) is 51.7 Å². The molecule has 5 rings (SSSR count). The maximum atomic E-state index is 12.6. The number of benzene rings is 3. The molecule has 1 saturated heterocycles. The fourth-order valence-corrected chi connectivity index (χ4v) is 4.96. The van der Waals surface area contributed by atoms with Crippen LogP contribution < -0.4 is 5.32 Å². The van der Waals surface area contributed by atoms with Crippen LogP contribution in [0.1, 0.15) is 51.9 Å². The number of likely N-dealkylation sites (tertiary alicyclic amines) is 1. The molecule has 1 heterocycles. The van der Waals surface area contributed by atoms with E-state index in [4.69, 9.17) is 0 Å². The van der Waals surface area contributed by atoms with Gasteiger partial charge in [-0.25, -0.2) is 0 Å². The molecule has 176 valence electrons. The van der Waals surface area contributed by atoms with Crippen molar-refractivity contribution in [2.24, 2.45) is 0 Å². The molecule has 2 aliphatic rings. The summed E-state index contributed by atoms with van der Waals surface area (Å²) in [4.78, 5) is 25.6. The lowest BCUT2D eigenvalue weighted by Gasteiger charge is -2.34. The van der Waals surface area contributed by atoms with Crippen LogP contribution in [-0.4, -0.2) is 35.4 Å². The molecule has 0 radical (unpaired) electrons. The molecule has 1 aliphatic carbocycles. The molecule has 1 amide bonds. The maximum Gasteiger partial charge on any atom is 0.270 e. The molecule has 6 heteroatoms. The number of nitro benzene ring substituents is 1. The zero-order chi connectivity index (χ0) is 24.2. The van der Waals surface area contributed by atoms with Gasteiger partial charge in [0.25, 0.3) is 11.6 Å². The third-order valence-electron chi connectivity index (χ3n) is 6.65. The van der Waals surface area contributed by atoms with Crippen molar-refractivity contribution >= 4 is 29.3 Å². The van der Waals surface area contributed by atoms with Crippen LogP contribution in [0.2, 0.25) is 0 Å². The molecule has 0 atom stereocenters. The number of rotatable bonds is 5. The first kappa shape index (κ1) is 22.6. The predicted molar refractivity (Wildman–Crippen MR) is 139 cm³/mol. The monoisotopic (exact) mass is 465 g/mol. The number of fused-ring (bicyclic) bond motifs is 2. The third-order valence-corrected chi connectivity index (χ3v) is 6.65. The zero-order valence-electron chi connectivity index (χ0n) is 19.4. The summed E-state index contributed by atoms with van der Waals surface area (Å²) in [7, 11) is 0. The Labute approximate surface area is 204 Å². The minimum atomic E-state index is -0.486. The number of non-ortho nitro benzene ring substituents is 1. The van der Waals surface area contributed by atoms with Gasteiger partial charge in [0.1, 0.15) is 0 Å². The molecule has 1 fully saturated rings. The van der Waals surface area contributed by atoms with Gasteiger partial charge in [0.05, 0.1) is 4.92 Å². The van der Waals surface area contributed by atoms with E-state index in [-0.39, 0.29) is 11.6 Å². The zero-order valence-corrected chi connectivity index (χ0v) is 19.4. The molecule has 35 heavy (non-hydrogen) atoms. The molecule has 0 saturated carbocycles. The van der Waals surface area contributed by atoms with Gasteiger partial charge in [-0.05, 0) is 47.6 Å². The van der Waals surface area contributed by atoms with Crippen LogP contribution in [0.3, 0.4) is 0 Å². The minimum absolute atomic E-state index is 0.0833. The summed E-state index contributed by atoms with van der Waals surface area (Å²) in [6.45, 7) is 2.07. The second-order valence-electron chi connectivity index (χ2n) is 8.84. The van der Waals surface area contributed by atoms with Crippen molar-refractivity contribution in [2.75, 3.05) is 19.6 Å². The van der Waals surface area contributed by atoms with Crippen LogP contribution in [0.5, 0.6) is 0 Å². The lowest BCUT2D eigenvalue weighted by Crippen LogP contribution is -2.37. The highest BCUT2D eigenvalue weighted by molar-refractivity contribution is 5.95. The number of amides is 1. The van der Waals surface area contributed by atoms with Gasteiger partial charge < -0.3 is 10.2 Å². The fraction of sp³-hybridized carbons (Fsp3) is 0.207. The van der Waals surface area contributed by atoms with E-state index in [2.05, 4.69) is 70.9 Å². The largest absolute Gasteiger partial charge is 0.373 e. The summed E-state index contributed by atoms with van der Waals surface area (Å²) in [5, 5.41) is 14.0. The summed E-state index contributed by atoms with van der Waals surface area (Å²) >= 11 is 0. The number of nitrogens with zero attached hydrogens (tertiary/aromatic N) is 2. The van der Waals surface area contributed by atoms with Crippen molar-refractivity contribution in [3.05, 3.63) is 116 Å². The van der Waals surface area contributed by atoms with Crippen molar-refractivity contribution in [3.63, 3.8) is 0 Å². The van der Waals surface area contributed by atoms with Crippen LogP contribution in [0.15, 0.2) is 78.5 Å². The van der Waals surface area contributed by atoms with Crippen molar-refractivity contribution in [1.82, 2.24) is 10.2 Å². The first-order chi connectivity index (χ1) is 17.1. The Morgan fingerprint density at radius 2 is 1.60 bits per heavy atom. The molecule has 0 bridgehead atoms. The second kappa shape index (κ2) is 9.97. The van der Waals surface area contributed by atoms with E-state index in [0.717, 1.165) is 25.8 Å². The van der Waals surface area contributed by atoms with Crippen molar-refractivity contribution in [3.8, 4) is 0 Å². The number of carbonyl (C=O) groups is 1. The van der Waals surface area contributed by atoms with Gasteiger partial charge in [-0.2, -0.15) is 0 Å². The molecule has 1 aliphatic heterocycles. The lowest BCUT2D eigenvalue weighted by atomic mass is 9.89. The fourth-order valence-electron chi connectivity index (χ4n) is 4.96. The summed E-state index contributed by atoms with van der Waals surface area (Å²) in [6.07, 6.45) is 7.60. The summed E-state index contributed by atoms with van der Waals surface area (Å²) < 4.78 is 0. The van der Waals surface area contributed by atoms with Crippen molar-refractivity contribution < 1.29 is 9.72 Å². The molecule has 6 nitrogen and oxygen atoms in total. The molecule has 0 spiro atoms. The average Bonchev–Trinajstić information content (AvgIpc) is 3.06. The minimum Gasteiger partial charge on any atom is -0.373 e. The Hall–Kier alpha value is -4.19. The molecular formula is C29H27N3O3. The van der Waals surface area contributed by atoms with E-state index in [0.29, 0.717) is 18.7 Å². The smallest absolute Gasteiger partial charge is 0.270 e. The van der Waals surface area contributed by atoms with Gasteiger partial charge in [-0.15, -0.1) is 0 Å². The SMILES string of the molecule is O=C(NCCN1CCCCC1=C1c2ccccc2C=Cc2ccccc21)c1cccc([N+](=O)[O-])c1. The van der Waals surface area contributed by atoms with Gasteiger partial charge >= 0.3 is 0 Å². The predicted octanol–water partition coefficient (Wildman–Crippen LogP) is 5.75. The molecule has 0 unspecified atom stereocenters. The Morgan fingerprint density at radius 3 is 2.29 bits per heavy atom. The Kier molecular flexibility index (Phi) is 6.44. The normalized spacial score (nSPS) is 14.7. The van der Waals surface area contributed by atoms with Gasteiger partial charge in [-0.3, -0.25) is 14.9 Å². The van der Waals surface area contributed by atoms with Crippen LogP contribution in [0.25, 0.3) is 17.7 Å². The first-order valence-corrected chi connectivity index (χ1v) is 12.0. The first-order valence-electron chi connectivity index (χ1n) is 12.0. The topological polar surface area (TPSA) is 75.5 Å². The van der Waals surface area contributed by atoms with Crippen LogP contribution in [-0.2, 0) is 0 Å². The molecule has 3 aromatic rings. The summed E-state index contributed by atoms with van der Waals surface area (Å²) in [5.41, 5.74) is 7.67. The number of allylic oxidation sites excluding steroid dienone is 1. The highest BCUT2D eigenvalue weighted by Gasteiger charge is 2.24. The van der Waals surface area contributed by atoms with Gasteiger partial charge in [0.2, 0.25) is 0 Å². The highest BCUT2D eigenvalue weighted by Crippen LogP contribution is 2.39. The Bertz CT molecular complexity index is 1290. The highest BCUT2D eigenvalue weighted by atomic mass is 16.6. The van der Waals surface area contributed by atoms with Crippen LogP contribution in [0.4, 0.5) is 5.69 Å². The number of nitrogens with one attached hydrogen (secondary N) is 1. The maximum absolute atomic E-state index is 12.6. The number of hydrogen-bond acceptors (Lipinski definition) is 4. The van der Waals surface area contributed by atoms with E-state index in [9.17, 15) is 14.9 Å². The average molecular weight is 466 g/mol. The van der Waals surface area contributed by atoms with Crippen molar-refractivity contribution in [1.29, 1.82) is 0 Å². The van der Waals surface area contributed by atoms with E-state index in [1.54, 1.807) is 6.07 Å². The van der Waals surface area contributed by atoms with Crippen LogP contribution in [0, 0.1) is 10.1 Å². The number of piperidine rings is 1. The lowest BCUT2D eigenvalue weighted by molar-refractivity contribution is -0.384. The number of hydrogen-bond donors (Lipinski definition) is 1. The molecular weight excluding hydrogens is 438 g/mol. The number of nitro groups is 1.